The van der Waals surface area contributed by atoms with Crippen molar-refractivity contribution in [1.82, 2.24) is 4.31 Å². The maximum Gasteiger partial charge on any atom is 0.245 e. The summed E-state index contributed by atoms with van der Waals surface area (Å²) in [5, 5.41) is 0. The van der Waals surface area contributed by atoms with Crippen LogP contribution in [0, 0.1) is 12.7 Å². The van der Waals surface area contributed by atoms with Crippen molar-refractivity contribution in [2.24, 2.45) is 0 Å². The SMILES string of the molecule is Cc1ccc(S(=O)(=O)N2CCN(c3ccccc3F)C(=O)C2C)cc1. The molecule has 0 bridgehead atoms. The Bertz CT molecular complexity index is 897. The van der Waals surface area contributed by atoms with Crippen molar-refractivity contribution in [2.45, 2.75) is 24.8 Å². The van der Waals surface area contributed by atoms with Crippen LogP contribution in [0.3, 0.4) is 0 Å². The lowest BCUT2D eigenvalue weighted by molar-refractivity contribution is -0.123. The molecule has 0 N–H and O–H groups in total. The summed E-state index contributed by atoms with van der Waals surface area (Å²) in [6.45, 7) is 3.61. The zero-order chi connectivity index (χ0) is 18.2. The standard InChI is InChI=1S/C18H19FN2O3S/c1-13-7-9-15(10-8-13)25(23,24)21-12-11-20(18(22)14(21)2)17-6-4-3-5-16(17)19/h3-10,14H,11-12H2,1-2H3. The first-order chi connectivity index (χ1) is 11.8. The largest absolute Gasteiger partial charge is 0.307 e. The van der Waals surface area contributed by atoms with Gasteiger partial charge in [-0.05, 0) is 38.1 Å². The molecule has 1 unspecified atom stereocenters. The number of benzene rings is 2. The second kappa shape index (κ2) is 6.57. The van der Waals surface area contributed by atoms with Crippen LogP contribution in [0.25, 0.3) is 0 Å². The summed E-state index contributed by atoms with van der Waals surface area (Å²) in [7, 11) is -3.78. The molecule has 5 nitrogen and oxygen atoms in total. The van der Waals surface area contributed by atoms with E-state index in [9.17, 15) is 17.6 Å². The van der Waals surface area contributed by atoms with Gasteiger partial charge in [-0.25, -0.2) is 12.8 Å². The number of rotatable bonds is 3. The Balaban J connectivity index is 1.89. The average molecular weight is 362 g/mol. The van der Waals surface area contributed by atoms with Crippen LogP contribution >= 0.6 is 0 Å². The number of piperazine rings is 1. The number of halogens is 1. The summed E-state index contributed by atoms with van der Waals surface area (Å²) in [5.74, 6) is -0.940. The minimum atomic E-state index is -3.78. The number of amides is 1. The zero-order valence-corrected chi connectivity index (χ0v) is 14.8. The second-order valence-electron chi connectivity index (χ2n) is 6.05. The number of anilines is 1. The predicted octanol–water partition coefficient (Wildman–Crippen LogP) is 2.56. The normalized spacial score (nSPS) is 19.2. The molecular formula is C18H19FN2O3S. The minimum absolute atomic E-state index is 0.106. The van der Waals surface area contributed by atoms with E-state index >= 15 is 0 Å². The van der Waals surface area contributed by atoms with Gasteiger partial charge in [-0.2, -0.15) is 4.31 Å². The van der Waals surface area contributed by atoms with Crippen molar-refractivity contribution in [2.75, 3.05) is 18.0 Å². The Morgan fingerprint density at radius 1 is 1.04 bits per heavy atom. The molecule has 0 aliphatic carbocycles. The maximum absolute atomic E-state index is 14.0. The Kier molecular flexibility index (Phi) is 4.62. The highest BCUT2D eigenvalue weighted by molar-refractivity contribution is 7.89. The summed E-state index contributed by atoms with van der Waals surface area (Å²) in [5.41, 5.74) is 1.12. The van der Waals surface area contributed by atoms with Gasteiger partial charge in [0.15, 0.2) is 0 Å². The molecule has 0 spiro atoms. The van der Waals surface area contributed by atoms with Gasteiger partial charge in [-0.3, -0.25) is 4.79 Å². The molecule has 0 aromatic heterocycles. The first-order valence-corrected chi connectivity index (χ1v) is 9.41. The summed E-state index contributed by atoms with van der Waals surface area (Å²) < 4.78 is 40.9. The number of carbonyl (C=O) groups is 1. The van der Waals surface area contributed by atoms with Crippen LogP contribution in [0.4, 0.5) is 10.1 Å². The fraction of sp³-hybridized carbons (Fsp3) is 0.278. The number of hydrogen-bond acceptors (Lipinski definition) is 3. The van der Waals surface area contributed by atoms with Crippen molar-refractivity contribution in [3.05, 3.63) is 59.9 Å². The summed E-state index contributed by atoms with van der Waals surface area (Å²) >= 11 is 0. The molecule has 7 heteroatoms. The van der Waals surface area contributed by atoms with E-state index in [2.05, 4.69) is 0 Å². The van der Waals surface area contributed by atoms with Gasteiger partial charge in [-0.1, -0.05) is 29.8 Å². The van der Waals surface area contributed by atoms with Gasteiger partial charge < -0.3 is 4.90 Å². The molecule has 1 aliphatic rings. The van der Waals surface area contributed by atoms with E-state index in [1.54, 1.807) is 24.3 Å². The lowest BCUT2D eigenvalue weighted by Crippen LogP contribution is -2.57. The number of carbonyl (C=O) groups excluding carboxylic acids is 1. The number of para-hydroxylation sites is 1. The molecule has 0 radical (unpaired) electrons. The molecular weight excluding hydrogens is 343 g/mol. The quantitative estimate of drug-likeness (QED) is 0.843. The van der Waals surface area contributed by atoms with Crippen LogP contribution in [0.5, 0.6) is 0 Å². The van der Waals surface area contributed by atoms with E-state index in [4.69, 9.17) is 0 Å². The topological polar surface area (TPSA) is 57.7 Å². The molecule has 2 aromatic rings. The lowest BCUT2D eigenvalue weighted by Gasteiger charge is -2.38. The van der Waals surface area contributed by atoms with Gasteiger partial charge in [0.1, 0.15) is 11.9 Å². The third-order valence-corrected chi connectivity index (χ3v) is 6.35. The highest BCUT2D eigenvalue weighted by atomic mass is 32.2. The Morgan fingerprint density at radius 2 is 1.68 bits per heavy atom. The monoisotopic (exact) mass is 362 g/mol. The molecule has 1 saturated heterocycles. The number of sulfonamides is 1. The van der Waals surface area contributed by atoms with E-state index in [1.165, 1.54) is 40.4 Å². The van der Waals surface area contributed by atoms with Crippen LogP contribution in [0.15, 0.2) is 53.4 Å². The Labute approximate surface area is 146 Å². The third-order valence-electron chi connectivity index (χ3n) is 4.37. The highest BCUT2D eigenvalue weighted by Gasteiger charge is 2.40. The summed E-state index contributed by atoms with van der Waals surface area (Å²) in [4.78, 5) is 14.1. The van der Waals surface area contributed by atoms with Crippen molar-refractivity contribution >= 4 is 21.6 Å². The summed E-state index contributed by atoms with van der Waals surface area (Å²) in [6.07, 6.45) is 0. The minimum Gasteiger partial charge on any atom is -0.307 e. The van der Waals surface area contributed by atoms with Gasteiger partial charge in [0, 0.05) is 13.1 Å². The first-order valence-electron chi connectivity index (χ1n) is 7.97. The molecule has 1 heterocycles. The molecule has 3 rings (SSSR count). The summed E-state index contributed by atoms with van der Waals surface area (Å²) in [6, 6.07) is 11.6. The Hall–Kier alpha value is -2.25. The molecule has 25 heavy (non-hydrogen) atoms. The fourth-order valence-corrected chi connectivity index (χ4v) is 4.51. The number of aryl methyl sites for hydroxylation is 1. The number of hydrogen-bond donors (Lipinski definition) is 0. The van der Waals surface area contributed by atoms with Gasteiger partial charge in [0.25, 0.3) is 0 Å². The number of nitrogens with zero attached hydrogens (tertiary/aromatic N) is 2. The van der Waals surface area contributed by atoms with Gasteiger partial charge >= 0.3 is 0 Å². The third kappa shape index (κ3) is 3.17. The smallest absolute Gasteiger partial charge is 0.245 e. The molecule has 132 valence electrons. The second-order valence-corrected chi connectivity index (χ2v) is 7.94. The van der Waals surface area contributed by atoms with Gasteiger partial charge in [0.2, 0.25) is 15.9 Å². The van der Waals surface area contributed by atoms with Crippen LogP contribution in [0.2, 0.25) is 0 Å². The van der Waals surface area contributed by atoms with Gasteiger partial charge in [-0.15, -0.1) is 0 Å². The van der Waals surface area contributed by atoms with E-state index < -0.39 is 27.8 Å². The van der Waals surface area contributed by atoms with Crippen LogP contribution in [-0.2, 0) is 14.8 Å². The predicted molar refractivity (Wildman–Crippen MR) is 93.3 cm³/mol. The van der Waals surface area contributed by atoms with E-state index in [0.29, 0.717) is 0 Å². The fourth-order valence-electron chi connectivity index (χ4n) is 2.93. The average Bonchev–Trinajstić information content (AvgIpc) is 2.58. The highest BCUT2D eigenvalue weighted by Crippen LogP contribution is 2.27. The van der Waals surface area contributed by atoms with E-state index in [1.807, 2.05) is 6.92 Å². The van der Waals surface area contributed by atoms with Crippen molar-refractivity contribution in [1.29, 1.82) is 0 Å². The van der Waals surface area contributed by atoms with E-state index in [0.717, 1.165) is 5.56 Å². The Morgan fingerprint density at radius 3 is 2.32 bits per heavy atom. The molecule has 1 aliphatic heterocycles. The molecule has 2 aromatic carbocycles. The molecule has 0 saturated carbocycles. The van der Waals surface area contributed by atoms with Crippen molar-refractivity contribution in [3.8, 4) is 0 Å². The molecule has 1 amide bonds. The molecule has 1 fully saturated rings. The zero-order valence-electron chi connectivity index (χ0n) is 14.0. The van der Waals surface area contributed by atoms with Crippen molar-refractivity contribution in [3.63, 3.8) is 0 Å². The van der Waals surface area contributed by atoms with Crippen LogP contribution in [-0.4, -0.2) is 37.8 Å². The van der Waals surface area contributed by atoms with Crippen molar-refractivity contribution < 1.29 is 17.6 Å². The van der Waals surface area contributed by atoms with Gasteiger partial charge in [0.05, 0.1) is 10.6 Å². The maximum atomic E-state index is 14.0. The van der Waals surface area contributed by atoms with E-state index in [-0.39, 0.29) is 23.7 Å². The lowest BCUT2D eigenvalue weighted by atomic mass is 10.2. The molecule has 1 atom stereocenters. The van der Waals surface area contributed by atoms with Crippen LogP contribution in [0.1, 0.15) is 12.5 Å². The van der Waals surface area contributed by atoms with Crippen LogP contribution < -0.4 is 4.90 Å². The first kappa shape index (κ1) is 17.6.